The van der Waals surface area contributed by atoms with Crippen molar-refractivity contribution in [3.63, 3.8) is 0 Å². The van der Waals surface area contributed by atoms with Gasteiger partial charge in [0, 0.05) is 6.07 Å². The Morgan fingerprint density at radius 1 is 0.727 bits per heavy atom. The maximum Gasteiger partial charge on any atom is 0.123 e. The van der Waals surface area contributed by atoms with Crippen molar-refractivity contribution >= 4 is 0 Å². The molecule has 0 fully saturated rings. The van der Waals surface area contributed by atoms with Crippen LogP contribution in [0.15, 0.2) is 42.5 Å². The van der Waals surface area contributed by atoms with Crippen LogP contribution in [0.2, 0.25) is 0 Å². The van der Waals surface area contributed by atoms with Crippen LogP contribution >= 0.6 is 0 Å². The van der Waals surface area contributed by atoms with E-state index in [2.05, 4.69) is 12.1 Å². The minimum atomic E-state index is -0.171. The number of halogens is 1. The van der Waals surface area contributed by atoms with Gasteiger partial charge in [0.2, 0.25) is 0 Å². The first-order chi connectivity index (χ1) is 10.7. The second-order valence-corrected chi connectivity index (χ2v) is 5.41. The van der Waals surface area contributed by atoms with E-state index in [1.165, 1.54) is 23.3 Å². The molecule has 0 unspecified atom stereocenters. The van der Waals surface area contributed by atoms with Crippen molar-refractivity contribution in [1.82, 2.24) is 0 Å². The van der Waals surface area contributed by atoms with Crippen molar-refractivity contribution in [3.05, 3.63) is 59.4 Å². The number of methoxy groups -OCH3 is 2. The van der Waals surface area contributed by atoms with Gasteiger partial charge in [-0.1, -0.05) is 18.6 Å². The third-order valence-corrected chi connectivity index (χ3v) is 3.76. The molecule has 0 amide bonds. The highest BCUT2D eigenvalue weighted by Crippen LogP contribution is 2.23. The molecule has 0 heterocycles. The monoisotopic (exact) mass is 302 g/mol. The lowest BCUT2D eigenvalue weighted by atomic mass is 10.0. The van der Waals surface area contributed by atoms with Crippen LogP contribution < -0.4 is 9.47 Å². The van der Waals surface area contributed by atoms with Crippen LogP contribution in [-0.4, -0.2) is 14.2 Å². The highest BCUT2D eigenvalue weighted by atomic mass is 19.1. The lowest BCUT2D eigenvalue weighted by Crippen LogP contribution is -1.93. The van der Waals surface area contributed by atoms with E-state index in [0.29, 0.717) is 0 Å². The molecule has 2 aromatic rings. The number of unbranched alkanes of at least 4 members (excludes halogenated alkanes) is 2. The van der Waals surface area contributed by atoms with Crippen LogP contribution in [0.5, 0.6) is 11.5 Å². The van der Waals surface area contributed by atoms with Gasteiger partial charge in [-0.3, -0.25) is 0 Å². The van der Waals surface area contributed by atoms with Crippen molar-refractivity contribution in [2.75, 3.05) is 14.2 Å². The second-order valence-electron chi connectivity index (χ2n) is 5.41. The summed E-state index contributed by atoms with van der Waals surface area (Å²) >= 11 is 0. The van der Waals surface area contributed by atoms with E-state index in [4.69, 9.17) is 9.47 Å². The molecule has 3 heteroatoms. The lowest BCUT2D eigenvalue weighted by molar-refractivity contribution is 0.393. The van der Waals surface area contributed by atoms with E-state index in [1.807, 2.05) is 18.2 Å². The fourth-order valence-electron chi connectivity index (χ4n) is 2.50. The van der Waals surface area contributed by atoms with Crippen LogP contribution in [0.1, 0.15) is 30.4 Å². The Morgan fingerprint density at radius 2 is 1.27 bits per heavy atom. The van der Waals surface area contributed by atoms with Crippen LogP contribution in [0.25, 0.3) is 0 Å². The quantitative estimate of drug-likeness (QED) is 0.652. The predicted octanol–water partition coefficient (Wildman–Crippen LogP) is 4.80. The molecule has 0 saturated heterocycles. The summed E-state index contributed by atoms with van der Waals surface area (Å²) in [5.41, 5.74) is 2.43. The van der Waals surface area contributed by atoms with Gasteiger partial charge in [0.1, 0.15) is 17.3 Å². The van der Waals surface area contributed by atoms with Gasteiger partial charge in [-0.2, -0.15) is 0 Å². The van der Waals surface area contributed by atoms with E-state index in [1.54, 1.807) is 14.2 Å². The van der Waals surface area contributed by atoms with Crippen molar-refractivity contribution in [2.24, 2.45) is 0 Å². The number of rotatable bonds is 8. The van der Waals surface area contributed by atoms with Gasteiger partial charge < -0.3 is 9.47 Å². The van der Waals surface area contributed by atoms with E-state index < -0.39 is 0 Å². The first-order valence-electron chi connectivity index (χ1n) is 7.67. The van der Waals surface area contributed by atoms with Crippen molar-refractivity contribution in [1.29, 1.82) is 0 Å². The number of benzene rings is 2. The van der Waals surface area contributed by atoms with E-state index in [-0.39, 0.29) is 5.82 Å². The third-order valence-electron chi connectivity index (χ3n) is 3.76. The third kappa shape index (κ3) is 5.06. The first kappa shape index (κ1) is 16.3. The summed E-state index contributed by atoms with van der Waals surface area (Å²) in [6.07, 6.45) is 5.40. The van der Waals surface area contributed by atoms with Gasteiger partial charge in [-0.05, 0) is 61.1 Å². The topological polar surface area (TPSA) is 18.5 Å². The maximum atomic E-state index is 12.8. The summed E-state index contributed by atoms with van der Waals surface area (Å²) in [7, 11) is 3.34. The SMILES string of the molecule is COc1cc(CCCCCc2ccc(F)cc2)cc(OC)c1. The van der Waals surface area contributed by atoms with Crippen LogP contribution in [0, 0.1) is 5.82 Å². The van der Waals surface area contributed by atoms with Gasteiger partial charge in [-0.15, -0.1) is 0 Å². The minimum absolute atomic E-state index is 0.171. The Labute approximate surface area is 131 Å². The standard InChI is InChI=1S/C19H23FO2/c1-21-18-12-16(13-19(14-18)22-2)7-5-3-4-6-15-8-10-17(20)11-9-15/h8-14H,3-7H2,1-2H3. The zero-order chi connectivity index (χ0) is 15.8. The van der Waals surface area contributed by atoms with Gasteiger partial charge in [0.15, 0.2) is 0 Å². The molecule has 0 bridgehead atoms. The molecule has 2 nitrogen and oxygen atoms in total. The fourth-order valence-corrected chi connectivity index (χ4v) is 2.50. The summed E-state index contributed by atoms with van der Waals surface area (Å²) in [5.74, 6) is 1.50. The van der Waals surface area contributed by atoms with Crippen molar-refractivity contribution in [2.45, 2.75) is 32.1 Å². The summed E-state index contributed by atoms with van der Waals surface area (Å²) in [4.78, 5) is 0. The summed E-state index contributed by atoms with van der Waals surface area (Å²) in [6, 6.07) is 12.8. The molecule has 0 aromatic heterocycles. The normalized spacial score (nSPS) is 10.5. The van der Waals surface area contributed by atoms with Crippen molar-refractivity contribution in [3.8, 4) is 11.5 Å². The number of ether oxygens (including phenoxy) is 2. The predicted molar refractivity (Wildman–Crippen MR) is 87.2 cm³/mol. The maximum absolute atomic E-state index is 12.8. The molecular formula is C19H23FO2. The zero-order valence-corrected chi connectivity index (χ0v) is 13.3. The first-order valence-corrected chi connectivity index (χ1v) is 7.67. The molecule has 2 rings (SSSR count). The smallest absolute Gasteiger partial charge is 0.123 e. The molecule has 2 aromatic carbocycles. The van der Waals surface area contributed by atoms with E-state index in [9.17, 15) is 4.39 Å². The van der Waals surface area contributed by atoms with Crippen LogP contribution in [-0.2, 0) is 12.8 Å². The van der Waals surface area contributed by atoms with E-state index in [0.717, 1.165) is 43.6 Å². The molecule has 0 aliphatic heterocycles. The van der Waals surface area contributed by atoms with Crippen LogP contribution in [0.3, 0.4) is 0 Å². The van der Waals surface area contributed by atoms with Crippen molar-refractivity contribution < 1.29 is 13.9 Å². The lowest BCUT2D eigenvalue weighted by Gasteiger charge is -2.08. The molecule has 0 aliphatic carbocycles. The molecule has 0 saturated carbocycles. The fraction of sp³-hybridized carbons (Fsp3) is 0.368. The van der Waals surface area contributed by atoms with Gasteiger partial charge in [0.25, 0.3) is 0 Å². The second kappa shape index (κ2) is 8.42. The summed E-state index contributed by atoms with van der Waals surface area (Å²) < 4.78 is 23.4. The Bertz CT molecular complexity index is 556. The largest absolute Gasteiger partial charge is 0.497 e. The van der Waals surface area contributed by atoms with Gasteiger partial charge in [-0.25, -0.2) is 4.39 Å². The summed E-state index contributed by atoms with van der Waals surface area (Å²) in [5, 5.41) is 0. The molecule has 22 heavy (non-hydrogen) atoms. The number of aryl methyl sites for hydroxylation is 2. The Morgan fingerprint density at radius 3 is 1.82 bits per heavy atom. The average Bonchev–Trinajstić information content (AvgIpc) is 2.55. The van der Waals surface area contributed by atoms with Crippen LogP contribution in [0.4, 0.5) is 4.39 Å². The molecular weight excluding hydrogens is 279 g/mol. The summed E-state index contributed by atoms with van der Waals surface area (Å²) in [6.45, 7) is 0. The number of hydrogen-bond acceptors (Lipinski definition) is 2. The molecule has 0 N–H and O–H groups in total. The van der Waals surface area contributed by atoms with Gasteiger partial charge in [0.05, 0.1) is 14.2 Å². The Hall–Kier alpha value is -2.03. The molecule has 0 aliphatic rings. The highest BCUT2D eigenvalue weighted by molar-refractivity contribution is 5.38. The zero-order valence-electron chi connectivity index (χ0n) is 13.3. The van der Waals surface area contributed by atoms with E-state index >= 15 is 0 Å². The molecule has 0 atom stereocenters. The minimum Gasteiger partial charge on any atom is -0.497 e. The highest BCUT2D eigenvalue weighted by Gasteiger charge is 2.02. The number of hydrogen-bond donors (Lipinski definition) is 0. The molecule has 118 valence electrons. The Balaban J connectivity index is 1.75. The molecule has 0 radical (unpaired) electrons. The van der Waals surface area contributed by atoms with Gasteiger partial charge >= 0.3 is 0 Å². The average molecular weight is 302 g/mol. The Kier molecular flexibility index (Phi) is 6.26. The molecule has 0 spiro atoms.